The summed E-state index contributed by atoms with van der Waals surface area (Å²) in [7, 11) is 1.64. The van der Waals surface area contributed by atoms with Crippen LogP contribution in [0.5, 0.6) is 5.75 Å². The molecule has 0 atom stereocenters. The lowest BCUT2D eigenvalue weighted by atomic mass is 9.92. The summed E-state index contributed by atoms with van der Waals surface area (Å²) in [5.41, 5.74) is 6.22. The molecular formula is C14H22N2O2. The molecule has 18 heavy (non-hydrogen) atoms. The molecule has 0 aliphatic rings. The number of ether oxygens (including phenoxy) is 1. The van der Waals surface area contributed by atoms with E-state index in [1.165, 1.54) is 5.56 Å². The van der Waals surface area contributed by atoms with Crippen LogP contribution in [-0.4, -0.2) is 26.1 Å². The van der Waals surface area contributed by atoms with E-state index >= 15 is 0 Å². The molecule has 100 valence electrons. The number of benzene rings is 1. The number of nitrogens with one attached hydrogen (secondary N) is 1. The zero-order chi connectivity index (χ0) is 13.6. The van der Waals surface area contributed by atoms with Crippen molar-refractivity contribution in [2.45, 2.75) is 20.3 Å². The Morgan fingerprint density at radius 1 is 1.33 bits per heavy atom. The van der Waals surface area contributed by atoms with Gasteiger partial charge in [-0.1, -0.05) is 12.1 Å². The molecule has 0 aliphatic heterocycles. The Bertz CT molecular complexity index is 385. The van der Waals surface area contributed by atoms with Gasteiger partial charge >= 0.3 is 0 Å². The maximum atomic E-state index is 11.8. The number of hydrogen-bond donors (Lipinski definition) is 2. The molecule has 0 heterocycles. The highest BCUT2D eigenvalue weighted by Gasteiger charge is 2.24. The quantitative estimate of drug-likeness (QED) is 0.800. The van der Waals surface area contributed by atoms with Gasteiger partial charge in [0.25, 0.3) is 0 Å². The van der Waals surface area contributed by atoms with Gasteiger partial charge in [-0.05, 0) is 38.0 Å². The molecule has 0 fully saturated rings. The first-order chi connectivity index (χ1) is 8.49. The third kappa shape index (κ3) is 4.04. The van der Waals surface area contributed by atoms with E-state index in [1.807, 2.05) is 38.1 Å². The zero-order valence-corrected chi connectivity index (χ0v) is 11.3. The van der Waals surface area contributed by atoms with Crippen LogP contribution in [0.4, 0.5) is 0 Å². The smallest absolute Gasteiger partial charge is 0.226 e. The van der Waals surface area contributed by atoms with Gasteiger partial charge in [0.2, 0.25) is 5.91 Å². The topological polar surface area (TPSA) is 64.3 Å². The fourth-order valence-electron chi connectivity index (χ4n) is 1.44. The molecule has 1 rings (SSSR count). The second-order valence-corrected chi connectivity index (χ2v) is 4.94. The average Bonchev–Trinajstić information content (AvgIpc) is 2.39. The van der Waals surface area contributed by atoms with Crippen LogP contribution in [0.2, 0.25) is 0 Å². The highest BCUT2D eigenvalue weighted by atomic mass is 16.5. The van der Waals surface area contributed by atoms with Gasteiger partial charge in [0.05, 0.1) is 12.5 Å². The molecule has 0 saturated heterocycles. The first kappa shape index (κ1) is 14.5. The molecule has 0 bridgehead atoms. The lowest BCUT2D eigenvalue weighted by molar-refractivity contribution is -0.128. The van der Waals surface area contributed by atoms with Crippen molar-refractivity contribution in [2.24, 2.45) is 11.1 Å². The minimum Gasteiger partial charge on any atom is -0.497 e. The molecule has 3 N–H and O–H groups in total. The van der Waals surface area contributed by atoms with Crippen molar-refractivity contribution < 1.29 is 9.53 Å². The van der Waals surface area contributed by atoms with E-state index < -0.39 is 5.41 Å². The standard InChI is InChI=1S/C14H22N2O2/c1-14(2,10-15)13(17)16-9-8-11-4-6-12(18-3)7-5-11/h4-7H,8-10,15H2,1-3H3,(H,16,17). The summed E-state index contributed by atoms with van der Waals surface area (Å²) < 4.78 is 5.09. The van der Waals surface area contributed by atoms with Crippen LogP contribution in [-0.2, 0) is 11.2 Å². The molecule has 1 aromatic carbocycles. The van der Waals surface area contributed by atoms with E-state index in [9.17, 15) is 4.79 Å². The maximum absolute atomic E-state index is 11.8. The molecule has 1 aromatic rings. The third-order valence-corrected chi connectivity index (χ3v) is 2.98. The number of hydrogen-bond acceptors (Lipinski definition) is 3. The summed E-state index contributed by atoms with van der Waals surface area (Å²) in [4.78, 5) is 11.8. The number of nitrogens with two attached hydrogens (primary N) is 1. The van der Waals surface area contributed by atoms with E-state index in [0.717, 1.165) is 12.2 Å². The van der Waals surface area contributed by atoms with Crippen molar-refractivity contribution in [1.82, 2.24) is 5.32 Å². The van der Waals surface area contributed by atoms with Crippen LogP contribution in [0.15, 0.2) is 24.3 Å². The SMILES string of the molecule is COc1ccc(CCNC(=O)C(C)(C)CN)cc1. The summed E-state index contributed by atoms with van der Waals surface area (Å²) in [5, 5.41) is 2.90. The van der Waals surface area contributed by atoms with Gasteiger partial charge in [0.15, 0.2) is 0 Å². The first-order valence-electron chi connectivity index (χ1n) is 6.11. The molecule has 1 amide bonds. The highest BCUT2D eigenvalue weighted by molar-refractivity contribution is 5.82. The molecule has 0 aliphatic carbocycles. The van der Waals surface area contributed by atoms with Crippen LogP contribution in [0.1, 0.15) is 19.4 Å². The van der Waals surface area contributed by atoms with Crippen molar-refractivity contribution in [3.05, 3.63) is 29.8 Å². The van der Waals surface area contributed by atoms with E-state index in [1.54, 1.807) is 7.11 Å². The van der Waals surface area contributed by atoms with Crippen LogP contribution in [0, 0.1) is 5.41 Å². The van der Waals surface area contributed by atoms with E-state index in [4.69, 9.17) is 10.5 Å². The number of carbonyl (C=O) groups is 1. The van der Waals surface area contributed by atoms with Gasteiger partial charge in [-0.3, -0.25) is 4.79 Å². The molecule has 0 radical (unpaired) electrons. The Hall–Kier alpha value is -1.55. The van der Waals surface area contributed by atoms with E-state index in [0.29, 0.717) is 13.1 Å². The number of rotatable bonds is 6. The Balaban J connectivity index is 2.39. The van der Waals surface area contributed by atoms with Gasteiger partial charge < -0.3 is 15.8 Å². The average molecular weight is 250 g/mol. The van der Waals surface area contributed by atoms with Gasteiger partial charge in [0, 0.05) is 13.1 Å². The number of amides is 1. The van der Waals surface area contributed by atoms with Gasteiger partial charge in [-0.25, -0.2) is 0 Å². The summed E-state index contributed by atoms with van der Waals surface area (Å²) in [5.74, 6) is 0.838. The predicted octanol–water partition coefficient (Wildman–Crippen LogP) is 1.34. The van der Waals surface area contributed by atoms with E-state index in [-0.39, 0.29) is 5.91 Å². The Labute approximate surface area is 109 Å². The maximum Gasteiger partial charge on any atom is 0.226 e. The van der Waals surface area contributed by atoms with E-state index in [2.05, 4.69) is 5.32 Å². The van der Waals surface area contributed by atoms with Gasteiger partial charge in [-0.2, -0.15) is 0 Å². The Kier molecular flexibility index (Phi) is 5.16. The van der Waals surface area contributed by atoms with Gasteiger partial charge in [0.1, 0.15) is 5.75 Å². The summed E-state index contributed by atoms with van der Waals surface area (Å²) in [6, 6.07) is 7.83. The summed E-state index contributed by atoms with van der Waals surface area (Å²) in [6.07, 6.45) is 0.802. The molecule has 0 unspecified atom stereocenters. The van der Waals surface area contributed by atoms with Crippen molar-refractivity contribution >= 4 is 5.91 Å². The van der Waals surface area contributed by atoms with Crippen LogP contribution >= 0.6 is 0 Å². The molecule has 4 heteroatoms. The summed E-state index contributed by atoms with van der Waals surface area (Å²) in [6.45, 7) is 4.65. The Morgan fingerprint density at radius 2 is 1.94 bits per heavy atom. The minimum absolute atomic E-state index is 0.00138. The van der Waals surface area contributed by atoms with Crippen molar-refractivity contribution in [3.8, 4) is 5.75 Å². The fraction of sp³-hybridized carbons (Fsp3) is 0.500. The summed E-state index contributed by atoms with van der Waals surface area (Å²) >= 11 is 0. The van der Waals surface area contributed by atoms with Crippen LogP contribution < -0.4 is 15.8 Å². The third-order valence-electron chi connectivity index (χ3n) is 2.98. The predicted molar refractivity (Wildman–Crippen MR) is 72.5 cm³/mol. The number of methoxy groups -OCH3 is 1. The first-order valence-corrected chi connectivity index (χ1v) is 6.11. The molecule has 0 saturated carbocycles. The van der Waals surface area contributed by atoms with Gasteiger partial charge in [-0.15, -0.1) is 0 Å². The lowest BCUT2D eigenvalue weighted by Crippen LogP contribution is -2.42. The molecule has 0 spiro atoms. The fourth-order valence-corrected chi connectivity index (χ4v) is 1.44. The normalized spacial score (nSPS) is 11.1. The highest BCUT2D eigenvalue weighted by Crippen LogP contribution is 2.13. The van der Waals surface area contributed by atoms with Crippen molar-refractivity contribution in [3.63, 3.8) is 0 Å². The molecular weight excluding hydrogens is 228 g/mol. The van der Waals surface area contributed by atoms with Crippen molar-refractivity contribution in [1.29, 1.82) is 0 Å². The van der Waals surface area contributed by atoms with Crippen LogP contribution in [0.3, 0.4) is 0 Å². The van der Waals surface area contributed by atoms with Crippen molar-refractivity contribution in [2.75, 3.05) is 20.2 Å². The molecule has 0 aromatic heterocycles. The second-order valence-electron chi connectivity index (χ2n) is 4.94. The zero-order valence-electron chi connectivity index (χ0n) is 11.3. The largest absolute Gasteiger partial charge is 0.497 e. The monoisotopic (exact) mass is 250 g/mol. The minimum atomic E-state index is -0.500. The Morgan fingerprint density at radius 3 is 2.44 bits per heavy atom. The second kappa shape index (κ2) is 6.40. The lowest BCUT2D eigenvalue weighted by Gasteiger charge is -2.21. The number of carbonyl (C=O) groups excluding carboxylic acids is 1. The molecule has 4 nitrogen and oxygen atoms in total. The van der Waals surface area contributed by atoms with Crippen LogP contribution in [0.25, 0.3) is 0 Å².